The molecule has 88 valence electrons. The van der Waals surface area contributed by atoms with Crippen LogP contribution in [0, 0.1) is 0 Å². The van der Waals surface area contributed by atoms with E-state index in [0.717, 1.165) is 24.6 Å². The zero-order chi connectivity index (χ0) is 11.6. The molecule has 0 amide bonds. The fraction of sp³-hybridized carbons (Fsp3) is 0.571. The van der Waals surface area contributed by atoms with Crippen molar-refractivity contribution in [3.05, 3.63) is 23.8 Å². The Morgan fingerprint density at radius 3 is 2.94 bits per heavy atom. The second kappa shape index (κ2) is 4.36. The summed E-state index contributed by atoms with van der Waals surface area (Å²) in [7, 11) is 0. The third-order valence-electron chi connectivity index (χ3n) is 3.31. The summed E-state index contributed by atoms with van der Waals surface area (Å²) in [5, 5.41) is 3.35. The molecule has 1 aromatic carbocycles. The van der Waals surface area contributed by atoms with Gasteiger partial charge in [-0.3, -0.25) is 0 Å². The van der Waals surface area contributed by atoms with Crippen LogP contribution in [0.4, 0.5) is 5.69 Å². The molecule has 0 bridgehead atoms. The van der Waals surface area contributed by atoms with Crippen molar-refractivity contribution in [2.45, 2.75) is 39.0 Å². The molecule has 0 unspecified atom stereocenters. The van der Waals surface area contributed by atoms with Crippen molar-refractivity contribution in [3.63, 3.8) is 0 Å². The Balaban J connectivity index is 2.29. The van der Waals surface area contributed by atoms with E-state index < -0.39 is 0 Å². The highest BCUT2D eigenvalue weighted by molar-refractivity contribution is 5.59. The van der Waals surface area contributed by atoms with Gasteiger partial charge >= 0.3 is 0 Å². The van der Waals surface area contributed by atoms with Crippen molar-refractivity contribution in [3.8, 4) is 5.75 Å². The first-order chi connectivity index (χ1) is 7.63. The van der Waals surface area contributed by atoms with E-state index in [0.29, 0.717) is 0 Å². The predicted molar refractivity (Wildman–Crippen MR) is 68.4 cm³/mol. The van der Waals surface area contributed by atoms with Crippen LogP contribution in [-0.4, -0.2) is 13.2 Å². The summed E-state index contributed by atoms with van der Waals surface area (Å²) in [5.74, 6) is 1.01. The third-order valence-corrected chi connectivity index (χ3v) is 3.31. The zero-order valence-electron chi connectivity index (χ0n) is 10.5. The number of benzene rings is 1. The average Bonchev–Trinajstić information content (AvgIpc) is 2.28. The van der Waals surface area contributed by atoms with Gasteiger partial charge in [-0.15, -0.1) is 0 Å². The molecule has 0 atom stereocenters. The lowest BCUT2D eigenvalue weighted by Crippen LogP contribution is -2.20. The Morgan fingerprint density at radius 2 is 2.19 bits per heavy atom. The number of fused-ring (bicyclic) bond motifs is 1. The quantitative estimate of drug-likeness (QED) is 0.839. The molecule has 1 heterocycles. The van der Waals surface area contributed by atoms with E-state index in [4.69, 9.17) is 4.74 Å². The summed E-state index contributed by atoms with van der Waals surface area (Å²) in [6.45, 7) is 8.51. The average molecular weight is 219 g/mol. The van der Waals surface area contributed by atoms with E-state index in [1.165, 1.54) is 18.4 Å². The monoisotopic (exact) mass is 219 g/mol. The molecular weight excluding hydrogens is 198 g/mol. The van der Waals surface area contributed by atoms with Crippen LogP contribution in [-0.2, 0) is 5.41 Å². The first-order valence-electron chi connectivity index (χ1n) is 6.15. The second-order valence-corrected chi connectivity index (χ2v) is 5.12. The molecule has 0 saturated heterocycles. The van der Waals surface area contributed by atoms with Crippen LogP contribution in [0.3, 0.4) is 0 Å². The Hall–Kier alpha value is -1.18. The van der Waals surface area contributed by atoms with Gasteiger partial charge in [0, 0.05) is 6.54 Å². The van der Waals surface area contributed by atoms with E-state index in [1.54, 1.807) is 0 Å². The molecule has 1 aliphatic heterocycles. The van der Waals surface area contributed by atoms with Crippen LogP contribution in [0.2, 0.25) is 0 Å². The maximum Gasteiger partial charge on any atom is 0.142 e. The summed E-state index contributed by atoms with van der Waals surface area (Å²) in [5.41, 5.74) is 2.74. The summed E-state index contributed by atoms with van der Waals surface area (Å²) < 4.78 is 5.67. The Labute approximate surface area is 98.0 Å². The molecule has 1 aromatic rings. The Morgan fingerprint density at radius 1 is 1.38 bits per heavy atom. The van der Waals surface area contributed by atoms with E-state index in [2.05, 4.69) is 44.3 Å². The van der Waals surface area contributed by atoms with Gasteiger partial charge in [0.1, 0.15) is 12.4 Å². The van der Waals surface area contributed by atoms with Gasteiger partial charge in [0.15, 0.2) is 0 Å². The number of hydrogen-bond acceptors (Lipinski definition) is 2. The molecule has 0 fully saturated rings. The van der Waals surface area contributed by atoms with Crippen molar-refractivity contribution in [2.24, 2.45) is 0 Å². The molecule has 0 aliphatic carbocycles. The maximum atomic E-state index is 5.67. The summed E-state index contributed by atoms with van der Waals surface area (Å²) >= 11 is 0. The van der Waals surface area contributed by atoms with Gasteiger partial charge in [0.2, 0.25) is 0 Å². The van der Waals surface area contributed by atoms with Gasteiger partial charge < -0.3 is 10.1 Å². The van der Waals surface area contributed by atoms with E-state index in [1.807, 2.05) is 0 Å². The summed E-state index contributed by atoms with van der Waals surface area (Å²) in [6.07, 6.45) is 2.42. The van der Waals surface area contributed by atoms with Crippen molar-refractivity contribution >= 4 is 5.69 Å². The van der Waals surface area contributed by atoms with E-state index in [-0.39, 0.29) is 5.41 Å². The molecule has 0 radical (unpaired) electrons. The highest BCUT2D eigenvalue weighted by Gasteiger charge is 2.21. The standard InChI is InChI=1S/C14H21NO/c1-4-7-14(2,3)11-5-6-12-13(10-11)16-9-8-15-12/h5-6,10,15H,4,7-9H2,1-3H3. The lowest BCUT2D eigenvalue weighted by Gasteiger charge is -2.27. The fourth-order valence-electron chi connectivity index (χ4n) is 2.32. The van der Waals surface area contributed by atoms with Crippen molar-refractivity contribution in [1.29, 1.82) is 0 Å². The molecule has 1 aliphatic rings. The van der Waals surface area contributed by atoms with E-state index >= 15 is 0 Å². The van der Waals surface area contributed by atoms with Crippen LogP contribution in [0.15, 0.2) is 18.2 Å². The van der Waals surface area contributed by atoms with Crippen molar-refractivity contribution in [2.75, 3.05) is 18.5 Å². The highest BCUT2D eigenvalue weighted by atomic mass is 16.5. The molecule has 2 rings (SSSR count). The van der Waals surface area contributed by atoms with Gasteiger partial charge in [-0.25, -0.2) is 0 Å². The molecule has 0 spiro atoms. The summed E-state index contributed by atoms with van der Waals surface area (Å²) in [6, 6.07) is 6.55. The summed E-state index contributed by atoms with van der Waals surface area (Å²) in [4.78, 5) is 0. The number of hydrogen-bond donors (Lipinski definition) is 1. The van der Waals surface area contributed by atoms with Crippen molar-refractivity contribution in [1.82, 2.24) is 0 Å². The van der Waals surface area contributed by atoms with Crippen LogP contribution in [0.5, 0.6) is 5.75 Å². The minimum absolute atomic E-state index is 0.241. The number of ether oxygens (including phenoxy) is 1. The molecule has 0 saturated carbocycles. The molecule has 2 heteroatoms. The third kappa shape index (κ3) is 2.16. The Kier molecular flexibility index (Phi) is 3.08. The smallest absolute Gasteiger partial charge is 0.142 e. The second-order valence-electron chi connectivity index (χ2n) is 5.12. The first-order valence-corrected chi connectivity index (χ1v) is 6.15. The molecule has 16 heavy (non-hydrogen) atoms. The van der Waals surface area contributed by atoms with Crippen LogP contribution in [0.25, 0.3) is 0 Å². The molecule has 1 N–H and O–H groups in total. The molecular formula is C14H21NO. The predicted octanol–water partition coefficient (Wildman–Crippen LogP) is 3.57. The number of anilines is 1. The molecule has 2 nitrogen and oxygen atoms in total. The fourth-order valence-corrected chi connectivity index (χ4v) is 2.32. The number of rotatable bonds is 3. The molecule has 0 aromatic heterocycles. The van der Waals surface area contributed by atoms with Crippen LogP contribution >= 0.6 is 0 Å². The minimum Gasteiger partial charge on any atom is -0.490 e. The van der Waals surface area contributed by atoms with Gasteiger partial charge in [0.25, 0.3) is 0 Å². The maximum absolute atomic E-state index is 5.67. The van der Waals surface area contributed by atoms with Gasteiger partial charge in [-0.1, -0.05) is 33.3 Å². The largest absolute Gasteiger partial charge is 0.490 e. The van der Waals surface area contributed by atoms with Crippen molar-refractivity contribution < 1.29 is 4.74 Å². The van der Waals surface area contributed by atoms with Gasteiger partial charge in [0.05, 0.1) is 5.69 Å². The van der Waals surface area contributed by atoms with Gasteiger partial charge in [-0.05, 0) is 29.5 Å². The normalized spacial score (nSPS) is 14.9. The van der Waals surface area contributed by atoms with Gasteiger partial charge in [-0.2, -0.15) is 0 Å². The topological polar surface area (TPSA) is 21.3 Å². The lowest BCUT2D eigenvalue weighted by molar-refractivity contribution is 0.322. The first kappa shape index (κ1) is 11.3. The SMILES string of the molecule is CCCC(C)(C)c1ccc2c(c1)OCCN2. The minimum atomic E-state index is 0.241. The van der Waals surface area contributed by atoms with E-state index in [9.17, 15) is 0 Å². The highest BCUT2D eigenvalue weighted by Crippen LogP contribution is 2.35. The zero-order valence-corrected chi connectivity index (χ0v) is 10.5. The lowest BCUT2D eigenvalue weighted by atomic mass is 9.80. The Bertz CT molecular complexity index is 371. The van der Waals surface area contributed by atoms with Crippen LogP contribution < -0.4 is 10.1 Å². The number of nitrogens with one attached hydrogen (secondary N) is 1. The van der Waals surface area contributed by atoms with Crippen LogP contribution in [0.1, 0.15) is 39.2 Å².